The Labute approximate surface area is 683 Å². The number of aliphatic hydroxyl groups excluding tert-OH is 1. The van der Waals surface area contributed by atoms with Gasteiger partial charge in [0.2, 0.25) is 0 Å². The topological polar surface area (TPSA) is 237 Å². The summed E-state index contributed by atoms with van der Waals surface area (Å²) >= 11 is 0. The van der Waals surface area contributed by atoms with Gasteiger partial charge in [-0.2, -0.15) is 0 Å². The lowest BCUT2D eigenvalue weighted by atomic mass is 9.99. The highest BCUT2D eigenvalue weighted by molar-refractivity contribution is 7.47. The fraction of sp³-hybridized carbons (Fsp3) is 0.957. The first-order chi connectivity index (χ1) is 53.8. The number of rotatable bonds is 90. The zero-order chi connectivity index (χ0) is 81.5. The minimum absolute atomic E-state index is 0.108. The summed E-state index contributed by atoms with van der Waals surface area (Å²) in [6.07, 6.45) is 75.1. The Bertz CT molecular complexity index is 2130. The average Bonchev–Trinajstić information content (AvgIpc) is 0.898. The van der Waals surface area contributed by atoms with Crippen molar-refractivity contribution in [2.24, 2.45) is 17.8 Å². The Balaban J connectivity index is 5.23. The van der Waals surface area contributed by atoms with Gasteiger partial charge in [0, 0.05) is 25.7 Å². The van der Waals surface area contributed by atoms with E-state index in [1.165, 1.54) is 302 Å². The van der Waals surface area contributed by atoms with Crippen LogP contribution in [0.4, 0.5) is 0 Å². The average molecular weight is 1620 g/mol. The molecule has 0 spiro atoms. The molecule has 0 aromatic heterocycles. The number of unbranched alkanes of at least 4 members (excludes halogenated alkanes) is 57. The Hall–Kier alpha value is -1.94. The molecule has 0 aliphatic rings. The normalized spacial score (nSPS) is 14.0. The number of carbonyl (C=O) groups excluding carboxylic acids is 4. The quantitative estimate of drug-likeness (QED) is 0.0222. The second-order valence-corrected chi connectivity index (χ2v) is 37.2. The lowest BCUT2D eigenvalue weighted by molar-refractivity contribution is -0.161. The van der Waals surface area contributed by atoms with Crippen molar-refractivity contribution in [1.29, 1.82) is 0 Å². The van der Waals surface area contributed by atoms with E-state index in [4.69, 9.17) is 37.0 Å². The van der Waals surface area contributed by atoms with Gasteiger partial charge >= 0.3 is 39.5 Å². The van der Waals surface area contributed by atoms with Crippen molar-refractivity contribution >= 4 is 39.5 Å². The van der Waals surface area contributed by atoms with Crippen LogP contribution in [-0.4, -0.2) is 96.7 Å². The van der Waals surface area contributed by atoms with Crippen LogP contribution in [0.2, 0.25) is 0 Å². The van der Waals surface area contributed by atoms with Crippen LogP contribution in [-0.2, 0) is 65.4 Å². The van der Waals surface area contributed by atoms with Gasteiger partial charge in [0.25, 0.3) is 0 Å². The van der Waals surface area contributed by atoms with E-state index < -0.39 is 97.5 Å². The summed E-state index contributed by atoms with van der Waals surface area (Å²) in [5.41, 5.74) is 0. The molecule has 0 amide bonds. The summed E-state index contributed by atoms with van der Waals surface area (Å²) in [5.74, 6) is 0.323. The summed E-state index contributed by atoms with van der Waals surface area (Å²) in [6, 6.07) is 0. The molecule has 111 heavy (non-hydrogen) atoms. The molecule has 0 fully saturated rings. The molecular formula is C92H180O17P2. The molecule has 0 rings (SSSR count). The number of ether oxygens (including phenoxy) is 4. The molecule has 0 aliphatic carbocycles. The van der Waals surface area contributed by atoms with Crippen LogP contribution < -0.4 is 0 Å². The number of aliphatic hydroxyl groups is 1. The van der Waals surface area contributed by atoms with Gasteiger partial charge in [0.1, 0.15) is 19.3 Å². The van der Waals surface area contributed by atoms with Gasteiger partial charge in [-0.3, -0.25) is 37.3 Å². The minimum Gasteiger partial charge on any atom is -0.462 e. The second kappa shape index (κ2) is 81.8. The summed E-state index contributed by atoms with van der Waals surface area (Å²) < 4.78 is 69.1. The van der Waals surface area contributed by atoms with E-state index in [1.807, 2.05) is 0 Å². The third kappa shape index (κ3) is 84.3. The fourth-order valence-electron chi connectivity index (χ4n) is 14.4. The molecule has 0 saturated heterocycles. The number of phosphoric acid groups is 2. The Morgan fingerprint density at radius 3 is 0.685 bits per heavy atom. The van der Waals surface area contributed by atoms with Crippen molar-refractivity contribution in [3.05, 3.63) is 0 Å². The van der Waals surface area contributed by atoms with Gasteiger partial charge in [-0.05, 0) is 43.4 Å². The first-order valence-corrected chi connectivity index (χ1v) is 50.4. The van der Waals surface area contributed by atoms with Crippen molar-refractivity contribution in [2.75, 3.05) is 39.6 Å². The molecular weight excluding hydrogens is 1440 g/mol. The predicted octanol–water partition coefficient (Wildman–Crippen LogP) is 28.4. The highest BCUT2D eigenvalue weighted by Crippen LogP contribution is 2.45. The summed E-state index contributed by atoms with van der Waals surface area (Å²) in [4.78, 5) is 73.4. The van der Waals surface area contributed by atoms with E-state index in [2.05, 4.69) is 48.5 Å². The summed E-state index contributed by atoms with van der Waals surface area (Å²) in [6.45, 7) is 12.1. The molecule has 0 bridgehead atoms. The van der Waals surface area contributed by atoms with E-state index in [0.29, 0.717) is 25.7 Å². The predicted molar refractivity (Wildman–Crippen MR) is 460 cm³/mol. The van der Waals surface area contributed by atoms with E-state index in [9.17, 15) is 43.2 Å². The molecule has 17 nitrogen and oxygen atoms in total. The van der Waals surface area contributed by atoms with Gasteiger partial charge in [-0.15, -0.1) is 0 Å². The largest absolute Gasteiger partial charge is 0.472 e. The number of carbonyl (C=O) groups is 4. The van der Waals surface area contributed by atoms with E-state index in [0.717, 1.165) is 108 Å². The number of hydrogen-bond acceptors (Lipinski definition) is 15. The zero-order valence-corrected chi connectivity index (χ0v) is 75.2. The van der Waals surface area contributed by atoms with Crippen LogP contribution in [0.1, 0.15) is 492 Å². The molecule has 3 N–H and O–H groups in total. The highest BCUT2D eigenvalue weighted by atomic mass is 31.2. The van der Waals surface area contributed by atoms with Gasteiger partial charge in [-0.1, -0.05) is 440 Å². The van der Waals surface area contributed by atoms with Gasteiger partial charge in [0.05, 0.1) is 26.4 Å². The Morgan fingerprint density at radius 2 is 0.459 bits per heavy atom. The van der Waals surface area contributed by atoms with Crippen LogP contribution in [0.25, 0.3) is 0 Å². The fourth-order valence-corrected chi connectivity index (χ4v) is 16.0. The molecule has 0 radical (unpaired) electrons. The standard InChI is InChI=1S/C92H180O17P2/c1-8-10-11-12-13-14-15-16-17-22-30-35-40-45-54-61-68-76-92(97)109-88(80-103-90(95)74-67-60-53-48-47-50-57-64-71-84(5)6)82-107-111(100,101)105-78-86(93)77-104-110(98,99)106-81-87(79-102-89(94)73-66-59-52-44-39-34-29-25-20-18-23-27-32-37-42-49-56-63-70-83(3)4)108-91(96)75-69-62-55-46-41-36-31-26-21-19-24-28-33-38-43-51-58-65-72-85(7)9-2/h83-88,93H,8-82H2,1-7H3,(H,98,99)(H,100,101)/t85?,86-,87-,88-/m1/s1. The van der Waals surface area contributed by atoms with Crippen LogP contribution >= 0.6 is 15.6 Å². The maximum Gasteiger partial charge on any atom is 0.472 e. The highest BCUT2D eigenvalue weighted by Gasteiger charge is 2.31. The first kappa shape index (κ1) is 109. The van der Waals surface area contributed by atoms with Crippen molar-refractivity contribution in [3.8, 4) is 0 Å². The van der Waals surface area contributed by atoms with Crippen molar-refractivity contribution in [2.45, 2.75) is 510 Å². The smallest absolute Gasteiger partial charge is 0.462 e. The van der Waals surface area contributed by atoms with Crippen molar-refractivity contribution in [1.82, 2.24) is 0 Å². The van der Waals surface area contributed by atoms with E-state index in [1.54, 1.807) is 0 Å². The maximum absolute atomic E-state index is 13.2. The molecule has 0 aromatic carbocycles. The van der Waals surface area contributed by atoms with Crippen LogP contribution in [0.5, 0.6) is 0 Å². The number of esters is 4. The van der Waals surface area contributed by atoms with E-state index in [-0.39, 0.29) is 25.7 Å². The van der Waals surface area contributed by atoms with Crippen LogP contribution in [0, 0.1) is 17.8 Å². The molecule has 0 aromatic rings. The van der Waals surface area contributed by atoms with Crippen LogP contribution in [0.15, 0.2) is 0 Å². The number of phosphoric ester groups is 2. The molecule has 0 saturated carbocycles. The van der Waals surface area contributed by atoms with Crippen molar-refractivity contribution < 1.29 is 80.2 Å². The molecule has 0 aliphatic heterocycles. The molecule has 3 unspecified atom stereocenters. The molecule has 19 heteroatoms. The van der Waals surface area contributed by atoms with E-state index >= 15 is 0 Å². The monoisotopic (exact) mass is 1620 g/mol. The lowest BCUT2D eigenvalue weighted by Crippen LogP contribution is -2.30. The first-order valence-electron chi connectivity index (χ1n) is 47.4. The van der Waals surface area contributed by atoms with Gasteiger partial charge < -0.3 is 33.8 Å². The lowest BCUT2D eigenvalue weighted by Gasteiger charge is -2.21. The minimum atomic E-state index is -4.97. The maximum atomic E-state index is 13.2. The molecule has 660 valence electrons. The van der Waals surface area contributed by atoms with Gasteiger partial charge in [0.15, 0.2) is 12.2 Å². The summed E-state index contributed by atoms with van der Waals surface area (Å²) in [7, 11) is -9.94. The number of hydrogen-bond donors (Lipinski definition) is 3. The summed E-state index contributed by atoms with van der Waals surface area (Å²) in [5, 5.41) is 10.7. The third-order valence-electron chi connectivity index (χ3n) is 22.0. The SMILES string of the molecule is CCCCCCCCCCCCCCCCCCCC(=O)O[C@H](COC(=O)CCCCCCCCCCC(C)C)COP(=O)(O)OC[C@H](O)COP(=O)(O)OC[C@@H](COC(=O)CCCCCCCCCCCCCCCCCCCCC(C)C)OC(=O)CCCCCCCCCCCCCCCCCCCCC(C)CC. The third-order valence-corrected chi connectivity index (χ3v) is 23.9. The Kier molecular flexibility index (Phi) is 80.4. The second-order valence-electron chi connectivity index (χ2n) is 34.2. The van der Waals surface area contributed by atoms with Crippen LogP contribution in [0.3, 0.4) is 0 Å². The van der Waals surface area contributed by atoms with Crippen molar-refractivity contribution in [3.63, 3.8) is 0 Å². The Morgan fingerprint density at radius 1 is 0.261 bits per heavy atom. The van der Waals surface area contributed by atoms with Gasteiger partial charge in [-0.25, -0.2) is 9.13 Å². The zero-order valence-electron chi connectivity index (χ0n) is 73.4. The molecule has 6 atom stereocenters. The molecule has 0 heterocycles.